The Labute approximate surface area is 208 Å². The Kier molecular flexibility index (Phi) is 256. The summed E-state index contributed by atoms with van der Waals surface area (Å²) in [7, 11) is 1.71. The maximum atomic E-state index is 7.62. The van der Waals surface area contributed by atoms with Gasteiger partial charge in [0, 0.05) is 26.9 Å². The summed E-state index contributed by atoms with van der Waals surface area (Å²) in [5, 5.41) is 30.5. The predicted molar refractivity (Wildman–Crippen MR) is 152 cm³/mol. The van der Waals surface area contributed by atoms with E-state index in [0.717, 1.165) is 26.2 Å². The van der Waals surface area contributed by atoms with Gasteiger partial charge in [-0.25, -0.2) is 0 Å². The second-order valence-electron chi connectivity index (χ2n) is 4.71. The molecule has 0 rings (SSSR count). The SMILES string of the molecule is C=CC.C=CC.C=CC.C=CC.C=CC.CCCOC.CCOCC.OCCO.OCCO. The van der Waals surface area contributed by atoms with Crippen molar-refractivity contribution in [1.82, 2.24) is 0 Å². The summed E-state index contributed by atoms with van der Waals surface area (Å²) in [5.74, 6) is 0. The van der Waals surface area contributed by atoms with Crippen LogP contribution in [0.3, 0.4) is 0 Å². The maximum Gasteiger partial charge on any atom is 0.0662 e. The molecule has 0 unspecified atom stereocenters. The van der Waals surface area contributed by atoms with Crippen LogP contribution < -0.4 is 0 Å². The lowest BCUT2D eigenvalue weighted by molar-refractivity contribution is 0.162. The molecule has 0 amide bonds. The number of ether oxygens (including phenoxy) is 2. The Bertz CT molecular complexity index is 192. The average molecular weight is 483 g/mol. The number of methoxy groups -OCH3 is 1. The first-order valence-electron chi connectivity index (χ1n) is 11.1. The fraction of sp³-hybridized carbons (Fsp3) is 0.630. The highest BCUT2D eigenvalue weighted by Gasteiger charge is 1.66. The van der Waals surface area contributed by atoms with Gasteiger partial charge in [-0.15, -0.1) is 32.9 Å². The van der Waals surface area contributed by atoms with Gasteiger partial charge < -0.3 is 29.9 Å². The average Bonchev–Trinajstić information content (AvgIpc) is 2.78. The molecular formula is C27H62O6. The van der Waals surface area contributed by atoms with Gasteiger partial charge in [0.05, 0.1) is 26.4 Å². The molecule has 206 valence electrons. The van der Waals surface area contributed by atoms with E-state index < -0.39 is 0 Å². The van der Waals surface area contributed by atoms with E-state index in [0.29, 0.717) is 0 Å². The highest BCUT2D eigenvalue weighted by molar-refractivity contribution is 4.52. The van der Waals surface area contributed by atoms with Crippen LogP contribution in [0.5, 0.6) is 0 Å². The van der Waals surface area contributed by atoms with E-state index in [1.54, 1.807) is 37.5 Å². The molecule has 0 bridgehead atoms. The van der Waals surface area contributed by atoms with E-state index in [1.807, 2.05) is 48.5 Å². The number of rotatable bonds is 6. The number of aliphatic hydroxyl groups excluding tert-OH is 4. The minimum absolute atomic E-state index is 0.125. The maximum absolute atomic E-state index is 7.62. The molecule has 0 saturated carbocycles. The molecule has 0 spiro atoms. The second kappa shape index (κ2) is 146. The molecular weight excluding hydrogens is 420 g/mol. The van der Waals surface area contributed by atoms with Crippen molar-refractivity contribution in [3.63, 3.8) is 0 Å². The van der Waals surface area contributed by atoms with Gasteiger partial charge in [-0.05, 0) is 54.9 Å². The molecule has 0 aromatic carbocycles. The Morgan fingerprint density at radius 2 is 0.727 bits per heavy atom. The van der Waals surface area contributed by atoms with Gasteiger partial charge in [0.2, 0.25) is 0 Å². The van der Waals surface area contributed by atoms with Crippen molar-refractivity contribution in [2.24, 2.45) is 0 Å². The number of allylic oxidation sites excluding steroid dienone is 5. The normalized spacial score (nSPS) is 6.33. The zero-order chi connectivity index (χ0) is 28.6. The molecule has 33 heavy (non-hydrogen) atoms. The smallest absolute Gasteiger partial charge is 0.0662 e. The lowest BCUT2D eigenvalue weighted by Gasteiger charge is -1.86. The fourth-order valence-corrected chi connectivity index (χ4v) is 0.408. The minimum atomic E-state index is -0.125. The van der Waals surface area contributed by atoms with Gasteiger partial charge in [0.15, 0.2) is 0 Å². The van der Waals surface area contributed by atoms with Gasteiger partial charge >= 0.3 is 0 Å². The van der Waals surface area contributed by atoms with Crippen molar-refractivity contribution in [3.05, 3.63) is 63.3 Å². The van der Waals surface area contributed by atoms with Crippen LogP contribution in [0.2, 0.25) is 0 Å². The molecule has 0 heterocycles. The number of hydrogen-bond acceptors (Lipinski definition) is 6. The van der Waals surface area contributed by atoms with E-state index in [9.17, 15) is 0 Å². The second-order valence-corrected chi connectivity index (χ2v) is 4.71. The Hall–Kier alpha value is -1.54. The van der Waals surface area contributed by atoms with E-state index in [1.165, 1.54) is 0 Å². The third kappa shape index (κ3) is 1240. The van der Waals surface area contributed by atoms with Gasteiger partial charge in [0.25, 0.3) is 0 Å². The first kappa shape index (κ1) is 57.9. The lowest BCUT2D eigenvalue weighted by Crippen LogP contribution is -1.85. The Morgan fingerprint density at radius 3 is 0.727 bits per heavy atom. The Balaban J connectivity index is -0.0000000283. The molecule has 0 aliphatic rings. The summed E-state index contributed by atoms with van der Waals surface area (Å²) in [5.41, 5.74) is 0. The highest BCUT2D eigenvalue weighted by Crippen LogP contribution is 1.70. The molecule has 0 atom stereocenters. The van der Waals surface area contributed by atoms with Crippen LogP contribution in [0, 0.1) is 0 Å². The van der Waals surface area contributed by atoms with Crippen LogP contribution in [-0.4, -0.2) is 73.8 Å². The van der Waals surface area contributed by atoms with E-state index in [2.05, 4.69) is 39.8 Å². The van der Waals surface area contributed by atoms with Gasteiger partial charge in [-0.3, -0.25) is 0 Å². The molecule has 0 fully saturated rings. The van der Waals surface area contributed by atoms with E-state index >= 15 is 0 Å². The lowest BCUT2D eigenvalue weighted by atomic mass is 10.5. The first-order valence-corrected chi connectivity index (χ1v) is 11.1. The molecule has 0 saturated heterocycles. The quantitative estimate of drug-likeness (QED) is 0.347. The monoisotopic (exact) mass is 482 g/mol. The van der Waals surface area contributed by atoms with Crippen LogP contribution in [0.15, 0.2) is 63.3 Å². The molecule has 6 nitrogen and oxygen atoms in total. The topological polar surface area (TPSA) is 99.4 Å². The van der Waals surface area contributed by atoms with Crippen molar-refractivity contribution in [2.45, 2.75) is 61.8 Å². The summed E-state index contributed by atoms with van der Waals surface area (Å²) in [6, 6.07) is 0. The van der Waals surface area contributed by atoms with E-state index in [-0.39, 0.29) is 26.4 Å². The highest BCUT2D eigenvalue weighted by atomic mass is 16.5. The molecule has 0 aliphatic carbocycles. The molecule has 4 N–H and O–H groups in total. The fourth-order valence-electron chi connectivity index (χ4n) is 0.408. The molecule has 6 heteroatoms. The zero-order valence-corrected chi connectivity index (χ0v) is 23.7. The van der Waals surface area contributed by atoms with Crippen LogP contribution in [0.1, 0.15) is 61.8 Å². The van der Waals surface area contributed by atoms with Crippen molar-refractivity contribution in [1.29, 1.82) is 0 Å². The summed E-state index contributed by atoms with van der Waals surface area (Å²) < 4.78 is 9.52. The summed E-state index contributed by atoms with van der Waals surface area (Å²) in [6.07, 6.45) is 9.87. The van der Waals surface area contributed by atoms with Crippen molar-refractivity contribution in [3.8, 4) is 0 Å². The third-order valence-corrected chi connectivity index (χ3v) is 1.02. The molecule has 0 aromatic rings. The zero-order valence-electron chi connectivity index (χ0n) is 23.7. The van der Waals surface area contributed by atoms with E-state index in [4.69, 9.17) is 29.9 Å². The standard InChI is InChI=1S/2C4H10O.5C3H6.2C2H6O2/c1-3-4-5-2;1-3-5-4-2;5*1-3-2;2*3-1-2-4/h2*3-4H2,1-2H3;5*3H,1H2,2H3;2*3-4H,1-2H2. The van der Waals surface area contributed by atoms with Crippen LogP contribution in [0.25, 0.3) is 0 Å². The van der Waals surface area contributed by atoms with Crippen molar-refractivity contribution >= 4 is 0 Å². The number of aliphatic hydroxyl groups is 4. The van der Waals surface area contributed by atoms with Crippen LogP contribution in [-0.2, 0) is 9.47 Å². The molecule has 0 aliphatic heterocycles. The minimum Gasteiger partial charge on any atom is -0.394 e. The molecule has 0 aromatic heterocycles. The largest absolute Gasteiger partial charge is 0.394 e. The summed E-state index contributed by atoms with van der Waals surface area (Å²) >= 11 is 0. The van der Waals surface area contributed by atoms with Crippen LogP contribution in [0.4, 0.5) is 0 Å². The first-order chi connectivity index (χ1) is 15.7. The van der Waals surface area contributed by atoms with Gasteiger partial charge in [-0.1, -0.05) is 37.3 Å². The summed E-state index contributed by atoms with van der Waals surface area (Å²) in [4.78, 5) is 0. The molecule has 0 radical (unpaired) electrons. The Morgan fingerprint density at radius 1 is 0.545 bits per heavy atom. The predicted octanol–water partition coefficient (Wildman–Crippen LogP) is 5.99. The van der Waals surface area contributed by atoms with Gasteiger partial charge in [0.1, 0.15) is 0 Å². The van der Waals surface area contributed by atoms with Crippen molar-refractivity contribution < 1.29 is 29.9 Å². The number of hydrogen-bond donors (Lipinski definition) is 4. The third-order valence-electron chi connectivity index (χ3n) is 1.02. The van der Waals surface area contributed by atoms with Crippen LogP contribution >= 0.6 is 0 Å². The summed E-state index contributed by atoms with van der Waals surface area (Å²) in [6.45, 7) is 34.4. The van der Waals surface area contributed by atoms with Crippen molar-refractivity contribution in [2.75, 3.05) is 53.4 Å². The van der Waals surface area contributed by atoms with Gasteiger partial charge in [-0.2, -0.15) is 0 Å².